The van der Waals surface area contributed by atoms with E-state index < -0.39 is 0 Å². The molecule has 0 saturated heterocycles. The van der Waals surface area contributed by atoms with Crippen LogP contribution in [0.3, 0.4) is 0 Å². The molecule has 0 atom stereocenters. The molecular formula is C18H25N5. The van der Waals surface area contributed by atoms with Gasteiger partial charge in [-0.05, 0) is 43.0 Å². The van der Waals surface area contributed by atoms with Crippen LogP contribution >= 0.6 is 0 Å². The molecular weight excluding hydrogens is 286 g/mol. The lowest BCUT2D eigenvalue weighted by Crippen LogP contribution is -2.25. The first-order valence-electron chi connectivity index (χ1n) is 8.51. The third-order valence-corrected chi connectivity index (χ3v) is 4.43. The van der Waals surface area contributed by atoms with Gasteiger partial charge in [0, 0.05) is 38.2 Å². The van der Waals surface area contributed by atoms with Crippen molar-refractivity contribution < 1.29 is 0 Å². The van der Waals surface area contributed by atoms with Crippen LogP contribution in [0.15, 0.2) is 36.8 Å². The Morgan fingerprint density at radius 1 is 1.09 bits per heavy atom. The zero-order chi connectivity index (χ0) is 15.9. The molecule has 0 aromatic carbocycles. The summed E-state index contributed by atoms with van der Waals surface area (Å²) in [6.07, 6.45) is 13.0. The molecule has 23 heavy (non-hydrogen) atoms. The predicted octanol–water partition coefficient (Wildman–Crippen LogP) is 3.30. The molecule has 2 aromatic rings. The molecule has 0 spiro atoms. The SMILES string of the molecule is CN(CCc1ccncc1)c1nccc(NC2CCCCC2)n1. The van der Waals surface area contributed by atoms with Crippen LogP contribution < -0.4 is 10.2 Å². The molecule has 5 heteroatoms. The molecule has 1 saturated carbocycles. The number of likely N-dealkylation sites (N-methyl/N-ethyl adjacent to an activating group) is 1. The van der Waals surface area contributed by atoms with E-state index in [9.17, 15) is 0 Å². The van der Waals surface area contributed by atoms with E-state index in [0.29, 0.717) is 6.04 Å². The highest BCUT2D eigenvalue weighted by molar-refractivity contribution is 5.41. The Kier molecular flexibility index (Phi) is 5.40. The zero-order valence-electron chi connectivity index (χ0n) is 13.8. The van der Waals surface area contributed by atoms with Crippen LogP contribution in [-0.4, -0.2) is 34.6 Å². The topological polar surface area (TPSA) is 53.9 Å². The Morgan fingerprint density at radius 3 is 2.65 bits per heavy atom. The second-order valence-corrected chi connectivity index (χ2v) is 6.25. The van der Waals surface area contributed by atoms with E-state index in [1.807, 2.05) is 31.7 Å². The van der Waals surface area contributed by atoms with Crippen molar-refractivity contribution in [1.82, 2.24) is 15.0 Å². The maximum absolute atomic E-state index is 4.67. The summed E-state index contributed by atoms with van der Waals surface area (Å²) in [6.45, 7) is 0.886. The molecule has 0 unspecified atom stereocenters. The standard InChI is InChI=1S/C18H25N5/c1-23(14-10-15-7-11-19-12-8-15)18-20-13-9-17(22-18)21-16-5-3-2-4-6-16/h7-9,11-13,16H,2-6,10,14H2,1H3,(H,20,21,22). The van der Waals surface area contributed by atoms with Crippen molar-refractivity contribution >= 4 is 11.8 Å². The Morgan fingerprint density at radius 2 is 1.87 bits per heavy atom. The number of hydrogen-bond acceptors (Lipinski definition) is 5. The molecule has 1 aliphatic rings. The summed E-state index contributed by atoms with van der Waals surface area (Å²) in [4.78, 5) is 15.2. The van der Waals surface area contributed by atoms with Gasteiger partial charge >= 0.3 is 0 Å². The highest BCUT2D eigenvalue weighted by atomic mass is 15.2. The average Bonchev–Trinajstić information content (AvgIpc) is 2.62. The van der Waals surface area contributed by atoms with Crippen LogP contribution in [0.4, 0.5) is 11.8 Å². The van der Waals surface area contributed by atoms with Crippen LogP contribution in [0, 0.1) is 0 Å². The van der Waals surface area contributed by atoms with Gasteiger partial charge in [0.1, 0.15) is 5.82 Å². The van der Waals surface area contributed by atoms with Gasteiger partial charge in [-0.25, -0.2) is 4.98 Å². The fraction of sp³-hybridized carbons (Fsp3) is 0.500. The number of nitrogens with zero attached hydrogens (tertiary/aromatic N) is 4. The van der Waals surface area contributed by atoms with Gasteiger partial charge < -0.3 is 10.2 Å². The van der Waals surface area contributed by atoms with Gasteiger partial charge in [-0.3, -0.25) is 4.98 Å². The second kappa shape index (κ2) is 7.90. The highest BCUT2D eigenvalue weighted by Crippen LogP contribution is 2.21. The lowest BCUT2D eigenvalue weighted by atomic mass is 9.95. The first-order chi connectivity index (χ1) is 11.3. The third kappa shape index (κ3) is 4.65. The molecule has 0 radical (unpaired) electrons. The van der Waals surface area contributed by atoms with Crippen molar-refractivity contribution in [3.05, 3.63) is 42.4 Å². The number of nitrogens with one attached hydrogen (secondary N) is 1. The van der Waals surface area contributed by atoms with Gasteiger partial charge in [0.15, 0.2) is 0 Å². The molecule has 0 aliphatic heterocycles. The van der Waals surface area contributed by atoms with Gasteiger partial charge in [-0.1, -0.05) is 19.3 Å². The van der Waals surface area contributed by atoms with Crippen LogP contribution in [0.2, 0.25) is 0 Å². The Bertz CT molecular complexity index is 595. The zero-order valence-corrected chi connectivity index (χ0v) is 13.8. The van der Waals surface area contributed by atoms with Gasteiger partial charge in [0.2, 0.25) is 5.95 Å². The van der Waals surface area contributed by atoms with E-state index in [-0.39, 0.29) is 0 Å². The average molecular weight is 311 g/mol. The molecule has 122 valence electrons. The van der Waals surface area contributed by atoms with Crippen LogP contribution in [0.25, 0.3) is 0 Å². The van der Waals surface area contributed by atoms with Crippen molar-refractivity contribution in [2.45, 2.75) is 44.6 Å². The summed E-state index contributed by atoms with van der Waals surface area (Å²) >= 11 is 0. The van der Waals surface area contributed by atoms with E-state index in [4.69, 9.17) is 0 Å². The number of pyridine rings is 1. The normalized spacial score (nSPS) is 15.3. The molecule has 1 aliphatic carbocycles. The minimum Gasteiger partial charge on any atom is -0.367 e. The van der Waals surface area contributed by atoms with E-state index in [1.54, 1.807) is 0 Å². The second-order valence-electron chi connectivity index (χ2n) is 6.25. The summed E-state index contributed by atoms with van der Waals surface area (Å²) in [7, 11) is 2.04. The lowest BCUT2D eigenvalue weighted by Gasteiger charge is -2.24. The maximum atomic E-state index is 4.67. The van der Waals surface area contributed by atoms with Crippen molar-refractivity contribution in [1.29, 1.82) is 0 Å². The minimum atomic E-state index is 0.564. The largest absolute Gasteiger partial charge is 0.367 e. The van der Waals surface area contributed by atoms with Crippen LogP contribution in [0.5, 0.6) is 0 Å². The summed E-state index contributed by atoms with van der Waals surface area (Å²) in [5, 5.41) is 3.56. The first-order valence-corrected chi connectivity index (χ1v) is 8.51. The maximum Gasteiger partial charge on any atom is 0.226 e. The summed E-state index contributed by atoms with van der Waals surface area (Å²) in [6, 6.07) is 6.63. The minimum absolute atomic E-state index is 0.564. The monoisotopic (exact) mass is 311 g/mol. The van der Waals surface area contributed by atoms with Gasteiger partial charge in [0.05, 0.1) is 0 Å². The van der Waals surface area contributed by atoms with Crippen molar-refractivity contribution in [3.8, 4) is 0 Å². The molecule has 0 bridgehead atoms. The molecule has 1 fully saturated rings. The Balaban J connectivity index is 1.57. The number of hydrogen-bond donors (Lipinski definition) is 1. The molecule has 1 N–H and O–H groups in total. The molecule has 2 aromatic heterocycles. The van der Waals surface area contributed by atoms with E-state index >= 15 is 0 Å². The summed E-state index contributed by atoms with van der Waals surface area (Å²) in [5.41, 5.74) is 1.28. The molecule has 2 heterocycles. The van der Waals surface area contributed by atoms with Crippen molar-refractivity contribution in [2.24, 2.45) is 0 Å². The molecule has 3 rings (SSSR count). The molecule has 0 amide bonds. The van der Waals surface area contributed by atoms with Gasteiger partial charge in [0.25, 0.3) is 0 Å². The summed E-state index contributed by atoms with van der Waals surface area (Å²) in [5.74, 6) is 1.72. The van der Waals surface area contributed by atoms with E-state index in [0.717, 1.165) is 24.7 Å². The third-order valence-electron chi connectivity index (χ3n) is 4.43. The lowest BCUT2D eigenvalue weighted by molar-refractivity contribution is 0.462. The van der Waals surface area contributed by atoms with Crippen LogP contribution in [0.1, 0.15) is 37.7 Å². The number of aromatic nitrogens is 3. The van der Waals surface area contributed by atoms with E-state index in [1.165, 1.54) is 37.7 Å². The summed E-state index contributed by atoms with van der Waals surface area (Å²) < 4.78 is 0. The quantitative estimate of drug-likeness (QED) is 0.887. The Hall–Kier alpha value is -2.17. The predicted molar refractivity (Wildman–Crippen MR) is 93.7 cm³/mol. The Labute approximate surface area is 138 Å². The van der Waals surface area contributed by atoms with Crippen LogP contribution in [-0.2, 0) is 6.42 Å². The number of rotatable bonds is 6. The highest BCUT2D eigenvalue weighted by Gasteiger charge is 2.14. The van der Waals surface area contributed by atoms with Gasteiger partial charge in [-0.2, -0.15) is 4.98 Å². The van der Waals surface area contributed by atoms with Crippen molar-refractivity contribution in [3.63, 3.8) is 0 Å². The first kappa shape index (κ1) is 15.7. The fourth-order valence-corrected chi connectivity index (χ4v) is 3.02. The number of anilines is 2. The molecule has 5 nitrogen and oxygen atoms in total. The smallest absolute Gasteiger partial charge is 0.226 e. The van der Waals surface area contributed by atoms with Gasteiger partial charge in [-0.15, -0.1) is 0 Å². The van der Waals surface area contributed by atoms with Crippen molar-refractivity contribution in [2.75, 3.05) is 23.8 Å². The van der Waals surface area contributed by atoms with E-state index in [2.05, 4.69) is 37.3 Å². The fourth-order valence-electron chi connectivity index (χ4n) is 3.02.